The summed E-state index contributed by atoms with van der Waals surface area (Å²) < 4.78 is 44.7. The average Bonchev–Trinajstić information content (AvgIpc) is 2.70. The van der Waals surface area contributed by atoms with Gasteiger partial charge in [-0.1, -0.05) is 25.1 Å². The van der Waals surface area contributed by atoms with E-state index in [2.05, 4.69) is 5.32 Å². The number of ether oxygens (including phenoxy) is 1. The summed E-state index contributed by atoms with van der Waals surface area (Å²) in [7, 11) is 0. The minimum Gasteiger partial charge on any atom is -0.477 e. The third-order valence-corrected chi connectivity index (χ3v) is 4.30. The lowest BCUT2D eigenvalue weighted by atomic mass is 10.1. The summed E-state index contributed by atoms with van der Waals surface area (Å²) in [6.07, 6.45) is -4.76. The fourth-order valence-corrected chi connectivity index (χ4v) is 2.91. The maximum Gasteiger partial charge on any atom is 0.416 e. The third-order valence-electron chi connectivity index (χ3n) is 4.30. The largest absolute Gasteiger partial charge is 0.477 e. The van der Waals surface area contributed by atoms with Crippen molar-refractivity contribution in [2.24, 2.45) is 0 Å². The Morgan fingerprint density at radius 3 is 2.64 bits per heavy atom. The minimum atomic E-state index is -4.55. The van der Waals surface area contributed by atoms with Crippen LogP contribution in [0.2, 0.25) is 0 Å². The molecule has 2 aromatic rings. The molecule has 0 fully saturated rings. The number of nitrogens with one attached hydrogen (secondary N) is 1. The lowest BCUT2D eigenvalue weighted by molar-refractivity contribution is -0.137. The molecule has 1 aliphatic heterocycles. The number of nitrogens with zero attached hydrogens (tertiary/aromatic N) is 1. The van der Waals surface area contributed by atoms with Crippen molar-refractivity contribution in [3.8, 4) is 5.75 Å². The van der Waals surface area contributed by atoms with E-state index in [0.717, 1.165) is 18.6 Å². The molecule has 2 aromatic carbocycles. The van der Waals surface area contributed by atoms with Crippen molar-refractivity contribution in [2.45, 2.75) is 25.6 Å². The standard InChI is InChI=1S/C20H19F3N2O3/c1-2-10-24-18(26)17-12-25(15-8-3-4-9-16(15)28-17)19(27)13-6-5-7-14(11-13)20(21,22)23/h3-9,11,17H,2,10,12H2,1H3,(H,24,26)/t17-/m0/s1. The van der Waals surface area contributed by atoms with E-state index in [0.29, 0.717) is 18.0 Å². The SMILES string of the molecule is CCCNC(=O)[C@@H]1CN(C(=O)c2cccc(C(F)(F)F)c2)c2ccccc2O1. The molecule has 28 heavy (non-hydrogen) atoms. The van der Waals surface area contributed by atoms with Gasteiger partial charge in [-0.15, -0.1) is 0 Å². The van der Waals surface area contributed by atoms with Crippen LogP contribution in [0, 0.1) is 0 Å². The van der Waals surface area contributed by atoms with E-state index in [4.69, 9.17) is 4.74 Å². The second-order valence-corrected chi connectivity index (χ2v) is 6.36. The Labute approximate surface area is 160 Å². The van der Waals surface area contributed by atoms with Gasteiger partial charge in [-0.3, -0.25) is 9.59 Å². The molecular formula is C20H19F3N2O3. The molecule has 0 saturated carbocycles. The Morgan fingerprint density at radius 1 is 1.18 bits per heavy atom. The lowest BCUT2D eigenvalue weighted by Gasteiger charge is -2.34. The Hall–Kier alpha value is -3.03. The second-order valence-electron chi connectivity index (χ2n) is 6.36. The highest BCUT2D eigenvalue weighted by atomic mass is 19.4. The predicted octanol–water partition coefficient (Wildman–Crippen LogP) is 3.64. The molecule has 0 unspecified atom stereocenters. The zero-order valence-corrected chi connectivity index (χ0v) is 15.1. The number of para-hydroxylation sites is 2. The monoisotopic (exact) mass is 392 g/mol. The number of hydrogen-bond donors (Lipinski definition) is 1. The van der Waals surface area contributed by atoms with Gasteiger partial charge in [0.15, 0.2) is 6.10 Å². The zero-order valence-electron chi connectivity index (χ0n) is 15.1. The fraction of sp³-hybridized carbons (Fsp3) is 0.300. The van der Waals surface area contributed by atoms with Gasteiger partial charge >= 0.3 is 6.18 Å². The first kappa shape index (κ1) is 19.7. The topological polar surface area (TPSA) is 58.6 Å². The average molecular weight is 392 g/mol. The van der Waals surface area contributed by atoms with E-state index in [-0.39, 0.29) is 18.0 Å². The summed E-state index contributed by atoms with van der Waals surface area (Å²) in [5.74, 6) is -0.681. The molecular weight excluding hydrogens is 373 g/mol. The Kier molecular flexibility index (Phi) is 5.58. The van der Waals surface area contributed by atoms with Crippen LogP contribution in [-0.2, 0) is 11.0 Å². The molecule has 1 heterocycles. The molecule has 0 radical (unpaired) electrons. The molecule has 0 aliphatic carbocycles. The number of rotatable bonds is 4. The molecule has 5 nitrogen and oxygen atoms in total. The van der Waals surface area contributed by atoms with Gasteiger partial charge in [0.05, 0.1) is 17.8 Å². The van der Waals surface area contributed by atoms with Gasteiger partial charge in [-0.25, -0.2) is 0 Å². The molecule has 148 valence electrons. The van der Waals surface area contributed by atoms with Gasteiger partial charge in [-0.05, 0) is 36.8 Å². The normalized spacial score (nSPS) is 16.1. The van der Waals surface area contributed by atoms with Crippen molar-refractivity contribution in [1.29, 1.82) is 0 Å². The molecule has 0 spiro atoms. The number of anilines is 1. The van der Waals surface area contributed by atoms with E-state index < -0.39 is 23.8 Å². The van der Waals surface area contributed by atoms with Crippen molar-refractivity contribution in [1.82, 2.24) is 5.32 Å². The summed E-state index contributed by atoms with van der Waals surface area (Å²) in [5.41, 5.74) is -0.610. The van der Waals surface area contributed by atoms with Crippen LogP contribution in [0.1, 0.15) is 29.3 Å². The van der Waals surface area contributed by atoms with Gasteiger partial charge < -0.3 is 15.0 Å². The molecule has 1 atom stereocenters. The smallest absolute Gasteiger partial charge is 0.416 e. The maximum absolute atomic E-state index is 13.0. The summed E-state index contributed by atoms with van der Waals surface area (Å²) in [5, 5.41) is 2.71. The molecule has 0 bridgehead atoms. The van der Waals surface area contributed by atoms with E-state index in [1.54, 1.807) is 24.3 Å². The third kappa shape index (κ3) is 4.11. The number of fused-ring (bicyclic) bond motifs is 1. The minimum absolute atomic E-state index is 0.0956. The number of benzene rings is 2. The number of amides is 2. The Balaban J connectivity index is 1.93. The fourth-order valence-electron chi connectivity index (χ4n) is 2.91. The molecule has 1 aliphatic rings. The summed E-state index contributed by atoms with van der Waals surface area (Å²) >= 11 is 0. The van der Waals surface area contributed by atoms with Crippen molar-refractivity contribution in [2.75, 3.05) is 18.0 Å². The first-order valence-electron chi connectivity index (χ1n) is 8.83. The van der Waals surface area contributed by atoms with Crippen LogP contribution < -0.4 is 15.0 Å². The first-order chi connectivity index (χ1) is 13.3. The van der Waals surface area contributed by atoms with Crippen LogP contribution in [-0.4, -0.2) is 31.0 Å². The summed E-state index contributed by atoms with van der Waals surface area (Å²) in [4.78, 5) is 26.6. The van der Waals surface area contributed by atoms with E-state index >= 15 is 0 Å². The Morgan fingerprint density at radius 2 is 1.93 bits per heavy atom. The molecule has 3 rings (SSSR count). The predicted molar refractivity (Wildman–Crippen MR) is 97.3 cm³/mol. The van der Waals surface area contributed by atoms with Gasteiger partial charge in [0.1, 0.15) is 5.75 Å². The van der Waals surface area contributed by atoms with Gasteiger partial charge in [-0.2, -0.15) is 13.2 Å². The highest BCUT2D eigenvalue weighted by molar-refractivity contribution is 6.08. The highest BCUT2D eigenvalue weighted by Gasteiger charge is 2.35. The number of alkyl halides is 3. The molecule has 1 N–H and O–H groups in total. The van der Waals surface area contributed by atoms with Gasteiger partial charge in [0, 0.05) is 12.1 Å². The summed E-state index contributed by atoms with van der Waals surface area (Å²) in [6, 6.07) is 10.8. The van der Waals surface area contributed by atoms with Crippen LogP contribution in [0.3, 0.4) is 0 Å². The first-order valence-corrected chi connectivity index (χ1v) is 8.83. The van der Waals surface area contributed by atoms with Crippen molar-refractivity contribution in [3.05, 3.63) is 59.7 Å². The summed E-state index contributed by atoms with van der Waals surface area (Å²) in [6.45, 7) is 2.27. The van der Waals surface area contributed by atoms with Crippen LogP contribution in [0.25, 0.3) is 0 Å². The quantitative estimate of drug-likeness (QED) is 0.864. The number of halogens is 3. The maximum atomic E-state index is 13.0. The molecule has 0 aromatic heterocycles. The number of hydrogen-bond acceptors (Lipinski definition) is 3. The molecule has 0 saturated heterocycles. The van der Waals surface area contributed by atoms with E-state index in [1.165, 1.54) is 17.0 Å². The number of carbonyl (C=O) groups is 2. The van der Waals surface area contributed by atoms with Crippen LogP contribution in [0.5, 0.6) is 5.75 Å². The van der Waals surface area contributed by atoms with E-state index in [9.17, 15) is 22.8 Å². The van der Waals surface area contributed by atoms with Crippen molar-refractivity contribution >= 4 is 17.5 Å². The van der Waals surface area contributed by atoms with Gasteiger partial charge in [0.2, 0.25) is 0 Å². The number of carbonyl (C=O) groups excluding carboxylic acids is 2. The lowest BCUT2D eigenvalue weighted by Crippen LogP contribution is -2.50. The van der Waals surface area contributed by atoms with Crippen molar-refractivity contribution in [3.63, 3.8) is 0 Å². The van der Waals surface area contributed by atoms with Crippen LogP contribution in [0.15, 0.2) is 48.5 Å². The molecule has 8 heteroatoms. The van der Waals surface area contributed by atoms with Crippen LogP contribution in [0.4, 0.5) is 18.9 Å². The van der Waals surface area contributed by atoms with Gasteiger partial charge in [0.25, 0.3) is 11.8 Å². The van der Waals surface area contributed by atoms with Crippen molar-refractivity contribution < 1.29 is 27.5 Å². The highest BCUT2D eigenvalue weighted by Crippen LogP contribution is 2.35. The zero-order chi connectivity index (χ0) is 20.3. The van der Waals surface area contributed by atoms with Crippen LogP contribution >= 0.6 is 0 Å². The van der Waals surface area contributed by atoms with E-state index in [1.807, 2.05) is 6.92 Å². The second kappa shape index (κ2) is 7.92. The Bertz CT molecular complexity index is 883. The molecule has 2 amide bonds.